The highest BCUT2D eigenvalue weighted by molar-refractivity contribution is 6.09. The lowest BCUT2D eigenvalue weighted by molar-refractivity contribution is -0.139. The van der Waals surface area contributed by atoms with E-state index in [2.05, 4.69) is 10.3 Å². The van der Waals surface area contributed by atoms with E-state index >= 15 is 0 Å². The molecule has 0 aliphatic carbocycles. The normalized spacial score (nSPS) is 22.1. The fourth-order valence-corrected chi connectivity index (χ4v) is 4.61. The number of piperazine rings is 1. The van der Waals surface area contributed by atoms with Crippen LogP contribution in [-0.4, -0.2) is 72.0 Å². The highest BCUT2D eigenvalue weighted by Crippen LogP contribution is 2.40. The smallest absolute Gasteiger partial charge is 0.325 e. The molecule has 11 heteroatoms. The molecule has 170 valence electrons. The fraction of sp³-hybridized carbons (Fsp3) is 0.409. The summed E-state index contributed by atoms with van der Waals surface area (Å²) in [6.07, 6.45) is 0.301. The second kappa shape index (κ2) is 7.81. The van der Waals surface area contributed by atoms with Gasteiger partial charge < -0.3 is 24.3 Å². The van der Waals surface area contributed by atoms with Gasteiger partial charge in [0, 0.05) is 45.1 Å². The Morgan fingerprint density at radius 3 is 2.76 bits per heavy atom. The number of urea groups is 1. The van der Waals surface area contributed by atoms with Gasteiger partial charge in [-0.05, 0) is 6.07 Å². The minimum atomic E-state index is -1.21. The van der Waals surface area contributed by atoms with Crippen molar-refractivity contribution in [2.45, 2.75) is 18.9 Å². The topological polar surface area (TPSA) is 132 Å². The highest BCUT2D eigenvalue weighted by atomic mass is 16.5. The monoisotopic (exact) mass is 450 g/mol. The van der Waals surface area contributed by atoms with Crippen molar-refractivity contribution in [1.29, 1.82) is 5.26 Å². The maximum Gasteiger partial charge on any atom is 0.325 e. The summed E-state index contributed by atoms with van der Waals surface area (Å²) in [4.78, 5) is 47.5. The highest BCUT2D eigenvalue weighted by Gasteiger charge is 2.55. The van der Waals surface area contributed by atoms with Gasteiger partial charge in [0.1, 0.15) is 18.4 Å². The molecule has 11 nitrogen and oxygen atoms in total. The molecular formula is C22H22N6O5. The first-order valence-corrected chi connectivity index (χ1v) is 10.7. The molecule has 1 aromatic carbocycles. The number of nitrogens with zero attached hydrogens (tertiary/aromatic N) is 5. The number of aryl methyl sites for hydroxylation is 1. The van der Waals surface area contributed by atoms with Crippen LogP contribution >= 0.6 is 0 Å². The van der Waals surface area contributed by atoms with E-state index in [-0.39, 0.29) is 18.1 Å². The molecule has 0 radical (unpaired) electrons. The van der Waals surface area contributed by atoms with Crippen LogP contribution in [0.15, 0.2) is 28.7 Å². The van der Waals surface area contributed by atoms with Gasteiger partial charge >= 0.3 is 6.03 Å². The van der Waals surface area contributed by atoms with E-state index in [1.54, 1.807) is 36.1 Å². The molecule has 1 N–H and O–H groups in total. The van der Waals surface area contributed by atoms with Crippen LogP contribution in [0.5, 0.6) is 5.75 Å². The van der Waals surface area contributed by atoms with E-state index < -0.39 is 17.5 Å². The van der Waals surface area contributed by atoms with Crippen LogP contribution in [0.25, 0.3) is 0 Å². The number of nitrogens with one attached hydrogen (secondary N) is 1. The molecule has 1 spiro atoms. The number of carbonyl (C=O) groups is 3. The molecule has 2 saturated heterocycles. The van der Waals surface area contributed by atoms with Gasteiger partial charge in [-0.2, -0.15) is 5.26 Å². The number of benzene rings is 1. The van der Waals surface area contributed by atoms with Crippen LogP contribution in [0, 0.1) is 18.3 Å². The molecule has 0 bridgehead atoms. The number of imide groups is 1. The van der Waals surface area contributed by atoms with Gasteiger partial charge in [-0.25, -0.2) is 9.78 Å². The Balaban J connectivity index is 1.26. The molecule has 1 atom stereocenters. The summed E-state index contributed by atoms with van der Waals surface area (Å²) >= 11 is 0. The zero-order valence-corrected chi connectivity index (χ0v) is 18.0. The molecule has 1 unspecified atom stereocenters. The molecule has 33 heavy (non-hydrogen) atoms. The molecule has 4 amide bonds. The molecule has 2 fully saturated rings. The van der Waals surface area contributed by atoms with Crippen LogP contribution in [-0.2, 0) is 15.1 Å². The number of hydrogen-bond donors (Lipinski definition) is 1. The summed E-state index contributed by atoms with van der Waals surface area (Å²) < 4.78 is 11.2. The summed E-state index contributed by atoms with van der Waals surface area (Å²) in [5.41, 5.74) is -0.384. The van der Waals surface area contributed by atoms with Gasteiger partial charge in [-0.15, -0.1) is 0 Å². The van der Waals surface area contributed by atoms with Gasteiger partial charge in [-0.3, -0.25) is 14.5 Å². The number of para-hydroxylation sites is 1. The predicted molar refractivity (Wildman–Crippen MR) is 113 cm³/mol. The molecule has 4 heterocycles. The molecule has 5 rings (SSSR count). The van der Waals surface area contributed by atoms with Crippen molar-refractivity contribution in [1.82, 2.24) is 20.1 Å². The number of oxazole rings is 1. The zero-order chi connectivity index (χ0) is 23.2. The Labute approximate surface area is 189 Å². The number of hydrogen-bond acceptors (Lipinski definition) is 8. The number of carbonyl (C=O) groups excluding carboxylic acids is 3. The average Bonchev–Trinajstić information content (AvgIpc) is 3.32. The quantitative estimate of drug-likeness (QED) is 0.677. The van der Waals surface area contributed by atoms with Crippen molar-refractivity contribution in [3.05, 3.63) is 41.4 Å². The fourth-order valence-electron chi connectivity index (χ4n) is 4.61. The minimum Gasteiger partial charge on any atom is -0.493 e. The number of nitriles is 1. The number of fused-ring (bicyclic) bond motifs is 2. The lowest BCUT2D eigenvalue weighted by Crippen LogP contribution is -2.52. The predicted octanol–water partition coefficient (Wildman–Crippen LogP) is 0.733. The van der Waals surface area contributed by atoms with E-state index in [1.165, 1.54) is 0 Å². The lowest BCUT2D eigenvalue weighted by Gasteiger charge is -2.35. The second-order valence-corrected chi connectivity index (χ2v) is 8.19. The van der Waals surface area contributed by atoms with Gasteiger partial charge in [0.2, 0.25) is 17.5 Å². The summed E-state index contributed by atoms with van der Waals surface area (Å²) in [7, 11) is 0. The summed E-state index contributed by atoms with van der Waals surface area (Å²) in [5.74, 6) is 0.607. The second-order valence-electron chi connectivity index (χ2n) is 8.19. The van der Waals surface area contributed by atoms with E-state index in [4.69, 9.17) is 9.15 Å². The molecular weight excluding hydrogens is 428 g/mol. The van der Waals surface area contributed by atoms with Gasteiger partial charge in [0.25, 0.3) is 5.91 Å². The molecule has 2 aromatic rings. The Hall–Kier alpha value is -4.07. The maximum absolute atomic E-state index is 13.3. The third-order valence-electron chi connectivity index (χ3n) is 6.29. The number of ether oxygens (including phenoxy) is 1. The standard InChI is InChI=1S/C22H22N6O5/c1-14-24-16(12-23)19(33-14)27-9-7-26(8-10-27)18(29)13-28-20(30)22(25-21(28)31)6-11-32-17-5-3-2-4-15(17)22/h2-5H,6-11,13H2,1H3,(H,25,31). The van der Waals surface area contributed by atoms with Crippen LogP contribution < -0.4 is 15.0 Å². The molecule has 1 aromatic heterocycles. The van der Waals surface area contributed by atoms with E-state index in [0.717, 1.165) is 4.90 Å². The SMILES string of the molecule is Cc1nc(C#N)c(N2CCN(C(=O)CN3C(=O)NC4(CCOc5ccccc54)C3=O)CC2)o1. The van der Waals surface area contributed by atoms with Crippen molar-refractivity contribution in [2.24, 2.45) is 0 Å². The Morgan fingerprint density at radius 2 is 2.00 bits per heavy atom. The first-order chi connectivity index (χ1) is 15.9. The van der Waals surface area contributed by atoms with Gasteiger partial charge in [-0.1, -0.05) is 18.2 Å². The first kappa shape index (κ1) is 20.8. The van der Waals surface area contributed by atoms with Crippen molar-refractivity contribution < 1.29 is 23.5 Å². The van der Waals surface area contributed by atoms with Crippen molar-refractivity contribution >= 4 is 23.7 Å². The number of rotatable bonds is 3. The Morgan fingerprint density at radius 1 is 1.24 bits per heavy atom. The third-order valence-corrected chi connectivity index (χ3v) is 6.29. The first-order valence-electron chi connectivity index (χ1n) is 10.7. The van der Waals surface area contributed by atoms with Crippen LogP contribution in [0.4, 0.5) is 10.7 Å². The minimum absolute atomic E-state index is 0.216. The van der Waals surface area contributed by atoms with E-state index in [1.807, 2.05) is 11.0 Å². The zero-order valence-electron chi connectivity index (χ0n) is 18.0. The third kappa shape index (κ3) is 3.34. The van der Waals surface area contributed by atoms with Gasteiger partial charge in [0.15, 0.2) is 11.4 Å². The Kier molecular flexibility index (Phi) is 4.92. The van der Waals surface area contributed by atoms with Crippen LogP contribution in [0.3, 0.4) is 0 Å². The number of aromatic nitrogens is 1. The van der Waals surface area contributed by atoms with E-state index in [0.29, 0.717) is 62.3 Å². The van der Waals surface area contributed by atoms with Crippen LogP contribution in [0.2, 0.25) is 0 Å². The number of anilines is 1. The van der Waals surface area contributed by atoms with E-state index in [9.17, 15) is 19.6 Å². The Bertz CT molecular complexity index is 1180. The summed E-state index contributed by atoms with van der Waals surface area (Å²) in [5, 5.41) is 12.0. The molecule has 0 saturated carbocycles. The van der Waals surface area contributed by atoms with Crippen molar-refractivity contribution in [2.75, 3.05) is 44.2 Å². The average molecular weight is 450 g/mol. The summed E-state index contributed by atoms with van der Waals surface area (Å²) in [6.45, 7) is 3.27. The lowest BCUT2D eigenvalue weighted by atomic mass is 9.84. The number of amides is 4. The van der Waals surface area contributed by atoms with Gasteiger partial charge in [0.05, 0.1) is 6.61 Å². The molecule has 3 aliphatic heterocycles. The van der Waals surface area contributed by atoms with Crippen LogP contribution in [0.1, 0.15) is 23.6 Å². The van der Waals surface area contributed by atoms with Crippen molar-refractivity contribution in [3.8, 4) is 11.8 Å². The largest absolute Gasteiger partial charge is 0.493 e. The maximum atomic E-state index is 13.3. The van der Waals surface area contributed by atoms with Crippen molar-refractivity contribution in [3.63, 3.8) is 0 Å². The molecule has 3 aliphatic rings. The summed E-state index contributed by atoms with van der Waals surface area (Å²) in [6, 6.07) is 8.55.